The number of aromatic nitrogens is 2. The van der Waals surface area contributed by atoms with Crippen molar-refractivity contribution < 1.29 is 132 Å². The van der Waals surface area contributed by atoms with E-state index in [-0.39, 0.29) is 106 Å². The van der Waals surface area contributed by atoms with E-state index in [1.165, 1.54) is 0 Å². The van der Waals surface area contributed by atoms with Crippen molar-refractivity contribution in [2.24, 2.45) is 0 Å². The maximum absolute atomic E-state index is 15.2. The van der Waals surface area contributed by atoms with Crippen LogP contribution in [0, 0.1) is 11.3 Å². The first-order valence-electron chi connectivity index (χ1n) is 29.0. The lowest BCUT2D eigenvalue weighted by Gasteiger charge is -2.21. The molecule has 33 heteroatoms. The topological polar surface area (TPSA) is 33.6 Å². The van der Waals surface area contributed by atoms with Crippen molar-refractivity contribution in [3.63, 3.8) is 0 Å². The molecule has 0 saturated heterocycles. The molecule has 2 aromatic heterocycles. The smallest absolute Gasteiger partial charge is 0.309 e. The lowest BCUT2D eigenvalue weighted by atomic mass is 9.95. The standard InChI is InChI=1S/C71H29F30N3/c72-62(73,74)41-9-35(10-42(24-41)63(75,76)77)31-1-5-51-52-6-2-32(36-11-43(64(78,79)80)25-44(12-36)65(81,82)83)20-58(52)103(57(51)19-31)56-29-55(39-17-49(70(96,97)98)28-50(18-39)71(99,100)101)61(23-40(56)30-102)104-59-21-33(37-13-45(66(84,85)86)26-46(14-37)67(87,88)89)3-7-53(59)54-8-4-34(22-60(54)104)38-15-47(68(90,91)92)27-48(16-38)69(93,94)95/h1-29H. The summed E-state index contributed by atoms with van der Waals surface area (Å²) in [6.07, 6.45) is -55.9. The van der Waals surface area contributed by atoms with Crippen LogP contribution in [0.5, 0.6) is 0 Å². The third kappa shape index (κ3) is 13.9. The van der Waals surface area contributed by atoms with Gasteiger partial charge in [0.1, 0.15) is 6.07 Å². The molecular weight excluding hydrogens is 1460 g/mol. The molecule has 0 spiro atoms. The largest absolute Gasteiger partial charge is 0.416 e. The minimum atomic E-state index is -5.80. The Morgan fingerprint density at radius 2 is 0.394 bits per heavy atom. The molecule has 12 rings (SSSR count). The highest BCUT2D eigenvalue weighted by Crippen LogP contribution is 2.50. The van der Waals surface area contributed by atoms with Gasteiger partial charge in [-0.15, -0.1) is 0 Å². The van der Waals surface area contributed by atoms with Gasteiger partial charge in [-0.25, -0.2) is 0 Å². The molecule has 0 fully saturated rings. The first-order valence-corrected chi connectivity index (χ1v) is 29.0. The van der Waals surface area contributed by atoms with E-state index in [4.69, 9.17) is 0 Å². The summed E-state index contributed by atoms with van der Waals surface area (Å²) in [5, 5.41) is 10.4. The first-order chi connectivity index (χ1) is 47.7. The molecule has 2 heterocycles. The molecule has 538 valence electrons. The van der Waals surface area contributed by atoms with E-state index >= 15 is 26.3 Å². The van der Waals surface area contributed by atoms with Crippen LogP contribution in [0.15, 0.2) is 176 Å². The average Bonchev–Trinajstić information content (AvgIpc) is 1.55. The predicted octanol–water partition coefficient (Wildman–Crippen LogP) is 26.3. The molecule has 104 heavy (non-hydrogen) atoms. The van der Waals surface area contributed by atoms with Crippen molar-refractivity contribution in [2.75, 3.05) is 0 Å². The number of alkyl halides is 30. The second-order valence-corrected chi connectivity index (χ2v) is 23.6. The Kier molecular flexibility index (Phi) is 16.9. The van der Waals surface area contributed by atoms with Crippen LogP contribution < -0.4 is 0 Å². The Labute approximate surface area is 560 Å². The molecule has 0 saturated carbocycles. The normalized spacial score (nSPS) is 13.5. The SMILES string of the molecule is N#Cc1cc(-n2c3cc(-c4cc(C(F)(F)F)cc(C(F)(F)F)c4)ccc3c3ccc(-c4cc(C(F)(F)F)cc(C(F)(F)F)c4)cc32)c(-c2cc(C(F)(F)F)cc(C(F)(F)F)c2)cc1-n1c2cc(-c3cc(C(F)(F)F)cc(C(F)(F)F)c3)ccc2c2ccc(-c3cc(C(F)(F)F)cc(C(F)(F)F)c3)cc21. The van der Waals surface area contributed by atoms with Crippen LogP contribution in [-0.4, -0.2) is 9.13 Å². The number of nitrogens with zero attached hydrogens (tertiary/aromatic N) is 3. The fourth-order valence-corrected chi connectivity index (χ4v) is 12.1. The van der Waals surface area contributed by atoms with Crippen molar-refractivity contribution >= 4 is 43.6 Å². The maximum Gasteiger partial charge on any atom is 0.416 e. The molecule has 0 N–H and O–H groups in total. The Bertz CT molecular complexity index is 5110. The number of rotatable bonds is 7. The molecule has 0 amide bonds. The fraction of sp³-hybridized carbons (Fsp3) is 0.141. The summed E-state index contributed by atoms with van der Waals surface area (Å²) in [7, 11) is 0. The van der Waals surface area contributed by atoms with E-state index in [1.807, 2.05) is 0 Å². The Hall–Kier alpha value is -10.8. The van der Waals surface area contributed by atoms with Crippen LogP contribution >= 0.6 is 0 Å². The summed E-state index contributed by atoms with van der Waals surface area (Å²) in [4.78, 5) is 0. The van der Waals surface area contributed by atoms with Gasteiger partial charge in [-0.2, -0.15) is 137 Å². The van der Waals surface area contributed by atoms with Crippen molar-refractivity contribution in [3.05, 3.63) is 237 Å². The number of hydrogen-bond donors (Lipinski definition) is 0. The number of hydrogen-bond acceptors (Lipinski definition) is 1. The molecule has 12 aromatic rings. The summed E-state index contributed by atoms with van der Waals surface area (Å²) in [5.74, 6) is 0. The van der Waals surface area contributed by atoms with Gasteiger partial charge >= 0.3 is 61.8 Å². The zero-order chi connectivity index (χ0) is 76.3. The quantitative estimate of drug-likeness (QED) is 0.146. The van der Waals surface area contributed by atoms with Crippen molar-refractivity contribution in [1.29, 1.82) is 5.26 Å². The van der Waals surface area contributed by atoms with Gasteiger partial charge in [0.05, 0.1) is 94.6 Å². The van der Waals surface area contributed by atoms with Crippen LogP contribution in [0.25, 0.3) is 111 Å². The molecule has 0 aliphatic carbocycles. The summed E-state index contributed by atoms with van der Waals surface area (Å²) >= 11 is 0. The fourth-order valence-electron chi connectivity index (χ4n) is 12.1. The maximum atomic E-state index is 15.2. The zero-order valence-corrected chi connectivity index (χ0v) is 50.4. The van der Waals surface area contributed by atoms with E-state index < -0.39 is 218 Å². The monoisotopic (exact) mass is 1490 g/mol. The van der Waals surface area contributed by atoms with Gasteiger partial charge in [0.15, 0.2) is 0 Å². The van der Waals surface area contributed by atoms with Gasteiger partial charge < -0.3 is 9.13 Å². The van der Waals surface area contributed by atoms with Crippen LogP contribution in [0.3, 0.4) is 0 Å². The molecule has 0 bridgehead atoms. The van der Waals surface area contributed by atoms with E-state index in [1.54, 1.807) is 6.07 Å². The minimum absolute atomic E-state index is 0.0388. The second kappa shape index (κ2) is 24.1. The molecular formula is C71H29F30N3. The molecule has 0 aliphatic heterocycles. The molecule has 3 nitrogen and oxygen atoms in total. The molecule has 10 aromatic carbocycles. The molecule has 0 aliphatic rings. The molecule has 0 radical (unpaired) electrons. The van der Waals surface area contributed by atoms with Crippen LogP contribution in [0.1, 0.15) is 61.2 Å². The minimum Gasteiger partial charge on any atom is -0.309 e. The third-order valence-corrected chi connectivity index (χ3v) is 16.8. The van der Waals surface area contributed by atoms with Crippen molar-refractivity contribution in [2.45, 2.75) is 61.8 Å². The Morgan fingerprint density at radius 1 is 0.202 bits per heavy atom. The molecule has 0 unspecified atom stereocenters. The van der Waals surface area contributed by atoms with Crippen LogP contribution in [0.2, 0.25) is 0 Å². The van der Waals surface area contributed by atoms with Gasteiger partial charge in [0.2, 0.25) is 0 Å². The number of nitriles is 1. The lowest BCUT2D eigenvalue weighted by Crippen LogP contribution is -2.12. The van der Waals surface area contributed by atoms with E-state index in [9.17, 15) is 111 Å². The second-order valence-electron chi connectivity index (χ2n) is 23.6. The van der Waals surface area contributed by atoms with E-state index in [2.05, 4.69) is 0 Å². The van der Waals surface area contributed by atoms with E-state index in [0.717, 1.165) is 81.9 Å². The summed E-state index contributed by atoms with van der Waals surface area (Å²) in [6, 6.07) is 13.8. The van der Waals surface area contributed by atoms with Crippen LogP contribution in [-0.2, 0) is 61.8 Å². The van der Waals surface area contributed by atoms with Crippen LogP contribution in [0.4, 0.5) is 132 Å². The highest BCUT2D eigenvalue weighted by molar-refractivity contribution is 6.13. The number of halogens is 30. The van der Waals surface area contributed by atoms with E-state index in [0.29, 0.717) is 12.1 Å². The Morgan fingerprint density at radius 3 is 0.587 bits per heavy atom. The lowest BCUT2D eigenvalue weighted by molar-refractivity contribution is -0.144. The number of benzene rings is 10. The third-order valence-electron chi connectivity index (χ3n) is 16.8. The van der Waals surface area contributed by atoms with Crippen molar-refractivity contribution in [3.8, 4) is 73.1 Å². The average molecular weight is 1490 g/mol. The molecule has 0 atom stereocenters. The summed E-state index contributed by atoms with van der Waals surface area (Å²) in [6.45, 7) is 0. The zero-order valence-electron chi connectivity index (χ0n) is 50.4. The van der Waals surface area contributed by atoms with Gasteiger partial charge in [-0.1, -0.05) is 48.5 Å². The predicted molar refractivity (Wildman–Crippen MR) is 317 cm³/mol. The Balaban J connectivity index is 1.28. The van der Waals surface area contributed by atoms with Gasteiger partial charge in [0.25, 0.3) is 0 Å². The van der Waals surface area contributed by atoms with Gasteiger partial charge in [-0.3, -0.25) is 0 Å². The highest BCUT2D eigenvalue weighted by atomic mass is 19.4. The first kappa shape index (κ1) is 73.0. The van der Waals surface area contributed by atoms with Gasteiger partial charge in [-0.05, 0) is 177 Å². The summed E-state index contributed by atoms with van der Waals surface area (Å²) in [5.41, 5.74) is -33.2. The van der Waals surface area contributed by atoms with Crippen molar-refractivity contribution in [1.82, 2.24) is 9.13 Å². The van der Waals surface area contributed by atoms with Gasteiger partial charge in [0, 0.05) is 27.1 Å². The number of fused-ring (bicyclic) bond motifs is 6. The highest BCUT2D eigenvalue weighted by Gasteiger charge is 2.43. The summed E-state index contributed by atoms with van der Waals surface area (Å²) < 4.78 is 440.